The van der Waals surface area contributed by atoms with Crippen molar-refractivity contribution in [3.8, 4) is 17.3 Å². The quantitative estimate of drug-likeness (QED) is 0.356. The van der Waals surface area contributed by atoms with Gasteiger partial charge in [-0.2, -0.15) is 0 Å². The number of likely N-dealkylation sites (tertiary alicyclic amines) is 1. The molecule has 0 spiro atoms. The summed E-state index contributed by atoms with van der Waals surface area (Å²) in [5, 5.41) is 0.981. The number of nitrogens with two attached hydrogens (primary N) is 1. The number of sulfone groups is 1. The van der Waals surface area contributed by atoms with Gasteiger partial charge in [0.25, 0.3) is 5.91 Å². The van der Waals surface area contributed by atoms with Crippen molar-refractivity contribution in [3.05, 3.63) is 35.9 Å². The Kier molecular flexibility index (Phi) is 6.07. The van der Waals surface area contributed by atoms with Gasteiger partial charge >= 0.3 is 0 Å². The summed E-state index contributed by atoms with van der Waals surface area (Å²) in [5.41, 5.74) is 10.3. The highest BCUT2D eigenvalue weighted by atomic mass is 32.2. The number of imidazole rings is 1. The number of aromatic nitrogens is 4. The van der Waals surface area contributed by atoms with Crippen LogP contribution >= 0.6 is 0 Å². The van der Waals surface area contributed by atoms with E-state index in [1.54, 1.807) is 7.11 Å². The van der Waals surface area contributed by atoms with Crippen LogP contribution in [0.25, 0.3) is 33.6 Å². The molecular weight excluding hydrogens is 566 g/mol. The Morgan fingerprint density at radius 1 is 1.12 bits per heavy atom. The number of fused-ring (bicyclic) bond motifs is 4. The Hall–Kier alpha value is -3.64. The van der Waals surface area contributed by atoms with Crippen molar-refractivity contribution in [2.45, 2.75) is 50.7 Å². The van der Waals surface area contributed by atoms with Crippen molar-refractivity contribution in [2.24, 2.45) is 24.6 Å². The number of ether oxygens (including phenoxy) is 1. The summed E-state index contributed by atoms with van der Waals surface area (Å²) in [6.07, 6.45) is 5.00. The summed E-state index contributed by atoms with van der Waals surface area (Å²) in [4.78, 5) is 27.6. The number of rotatable bonds is 6. The van der Waals surface area contributed by atoms with Gasteiger partial charge in [-0.25, -0.2) is 18.4 Å². The minimum absolute atomic E-state index is 0.00192. The molecule has 5 heterocycles. The number of carbonyl (C=O) groups excluding carboxylic acids is 1. The topological polar surface area (TPSA) is 129 Å². The van der Waals surface area contributed by atoms with Crippen LogP contribution in [0.4, 0.5) is 5.82 Å². The van der Waals surface area contributed by atoms with E-state index in [1.807, 2.05) is 45.7 Å². The molecule has 1 amide bonds. The summed E-state index contributed by atoms with van der Waals surface area (Å²) in [5.74, 6) is 3.21. The minimum Gasteiger partial charge on any atom is -0.494 e. The summed E-state index contributed by atoms with van der Waals surface area (Å²) in [6, 6.07) is 9.91. The third-order valence-electron chi connectivity index (χ3n) is 9.97. The van der Waals surface area contributed by atoms with E-state index in [0.29, 0.717) is 54.0 Å². The van der Waals surface area contributed by atoms with Gasteiger partial charge in [0.1, 0.15) is 28.6 Å². The highest BCUT2D eigenvalue weighted by Crippen LogP contribution is 2.40. The zero-order valence-electron chi connectivity index (χ0n) is 24.6. The van der Waals surface area contributed by atoms with Gasteiger partial charge in [0.15, 0.2) is 15.7 Å². The first-order valence-corrected chi connectivity index (χ1v) is 17.1. The van der Waals surface area contributed by atoms with Crippen LogP contribution in [-0.2, 0) is 23.4 Å². The summed E-state index contributed by atoms with van der Waals surface area (Å²) >= 11 is 0. The minimum atomic E-state index is -3.12. The summed E-state index contributed by atoms with van der Waals surface area (Å²) < 4.78 is 34.8. The number of pyridine rings is 1. The van der Waals surface area contributed by atoms with Crippen molar-refractivity contribution in [1.29, 1.82) is 0 Å². The second kappa shape index (κ2) is 9.68. The first-order valence-electron chi connectivity index (χ1n) is 15.3. The Labute approximate surface area is 250 Å². The zero-order valence-corrected chi connectivity index (χ0v) is 25.4. The lowest BCUT2D eigenvalue weighted by molar-refractivity contribution is 0.0700. The van der Waals surface area contributed by atoms with E-state index >= 15 is 0 Å². The van der Waals surface area contributed by atoms with E-state index < -0.39 is 9.84 Å². The lowest BCUT2D eigenvalue weighted by Gasteiger charge is -2.27. The molecule has 2 bridgehead atoms. The van der Waals surface area contributed by atoms with E-state index in [4.69, 9.17) is 20.4 Å². The Morgan fingerprint density at radius 3 is 2.65 bits per heavy atom. The molecule has 1 aromatic carbocycles. The molecule has 2 aliphatic carbocycles. The van der Waals surface area contributed by atoms with Crippen molar-refractivity contribution in [3.63, 3.8) is 0 Å². The SMILES string of the molecule is COc1cc(C(=O)N2CC3CCC2[C@@H]3N)cc2nc(-c3cc4ccc(N5CCCS(=O)(=O)C5)nc4n3CC3CC3)n(C)c12. The molecule has 4 aromatic rings. The first kappa shape index (κ1) is 26.9. The number of carbonyl (C=O) groups is 1. The smallest absolute Gasteiger partial charge is 0.254 e. The summed E-state index contributed by atoms with van der Waals surface area (Å²) in [7, 11) is 0.483. The molecule has 11 nitrogen and oxygen atoms in total. The van der Waals surface area contributed by atoms with Crippen LogP contribution in [0.3, 0.4) is 0 Å². The number of methoxy groups -OCH3 is 1. The van der Waals surface area contributed by atoms with Crippen LogP contribution in [0, 0.1) is 11.8 Å². The molecule has 4 fully saturated rings. The van der Waals surface area contributed by atoms with Gasteiger partial charge in [0.05, 0.1) is 24.1 Å². The van der Waals surface area contributed by atoms with Gasteiger partial charge in [-0.3, -0.25) is 4.79 Å². The molecule has 12 heteroatoms. The van der Waals surface area contributed by atoms with Crippen molar-refractivity contribution in [2.75, 3.05) is 36.7 Å². The number of piperidine rings is 1. The van der Waals surface area contributed by atoms with Crippen molar-refractivity contribution in [1.82, 2.24) is 24.0 Å². The van der Waals surface area contributed by atoms with Gasteiger partial charge < -0.3 is 29.4 Å². The molecule has 3 atom stereocenters. The largest absolute Gasteiger partial charge is 0.494 e. The van der Waals surface area contributed by atoms with Crippen LogP contribution in [0.2, 0.25) is 0 Å². The standard InChI is InChI=1S/C31H37N7O4S/c1-35-28-22(12-21(14-25(28)42-2)31(39)38-16-20-6-8-23(38)27(20)32)33-30(35)24-13-19-7-9-26(36-10-3-11-43(40,41)17-36)34-29(19)37(24)15-18-4-5-18/h7,9,12-14,18,20,23,27H,3-6,8,10-11,15-17,32H2,1-2H3/t20?,23?,27-/m1/s1. The van der Waals surface area contributed by atoms with Gasteiger partial charge in [-0.05, 0) is 74.3 Å². The molecular formula is C31H37N7O4S. The number of amides is 1. The van der Waals surface area contributed by atoms with E-state index in [9.17, 15) is 13.2 Å². The fourth-order valence-electron chi connectivity index (χ4n) is 7.51. The monoisotopic (exact) mass is 603 g/mol. The highest BCUT2D eigenvalue weighted by Gasteiger charge is 2.47. The molecule has 2 unspecified atom stereocenters. The molecule has 43 heavy (non-hydrogen) atoms. The average Bonchev–Trinajstić information content (AvgIpc) is 3.40. The van der Waals surface area contributed by atoms with Gasteiger partial charge in [-0.1, -0.05) is 0 Å². The first-order chi connectivity index (χ1) is 20.7. The molecule has 4 aliphatic rings. The fraction of sp³-hybridized carbons (Fsp3) is 0.516. The predicted molar refractivity (Wildman–Crippen MR) is 165 cm³/mol. The van der Waals surface area contributed by atoms with Crippen LogP contribution in [0.15, 0.2) is 30.3 Å². The Morgan fingerprint density at radius 2 is 1.95 bits per heavy atom. The number of anilines is 1. The maximum Gasteiger partial charge on any atom is 0.254 e. The Balaban J connectivity index is 1.22. The number of hydrogen-bond acceptors (Lipinski definition) is 8. The molecule has 2 N–H and O–H groups in total. The highest BCUT2D eigenvalue weighted by molar-refractivity contribution is 7.91. The van der Waals surface area contributed by atoms with E-state index in [2.05, 4.69) is 10.6 Å². The molecule has 226 valence electrons. The maximum absolute atomic E-state index is 13.7. The molecule has 0 radical (unpaired) electrons. The molecule has 3 aromatic heterocycles. The lowest BCUT2D eigenvalue weighted by atomic mass is 10.1. The number of nitrogens with zero attached hydrogens (tertiary/aromatic N) is 6. The van der Waals surface area contributed by atoms with Gasteiger partial charge in [0, 0.05) is 49.7 Å². The van der Waals surface area contributed by atoms with Gasteiger partial charge in [0.2, 0.25) is 0 Å². The molecule has 2 saturated heterocycles. The van der Waals surface area contributed by atoms with Crippen molar-refractivity contribution >= 4 is 43.6 Å². The van der Waals surface area contributed by atoms with Gasteiger partial charge in [-0.15, -0.1) is 0 Å². The molecule has 8 rings (SSSR count). The van der Waals surface area contributed by atoms with Crippen LogP contribution in [0.1, 0.15) is 42.5 Å². The van der Waals surface area contributed by atoms with E-state index in [1.165, 1.54) is 12.8 Å². The maximum atomic E-state index is 13.7. The molecule has 2 saturated carbocycles. The second-order valence-electron chi connectivity index (χ2n) is 12.8. The lowest BCUT2D eigenvalue weighted by Crippen LogP contribution is -2.41. The molecule has 2 aliphatic heterocycles. The second-order valence-corrected chi connectivity index (χ2v) is 15.0. The number of aryl methyl sites for hydroxylation is 1. The van der Waals surface area contributed by atoms with E-state index in [-0.39, 0.29) is 29.6 Å². The number of hydrogen-bond donors (Lipinski definition) is 1. The Bertz CT molecular complexity index is 1890. The van der Waals surface area contributed by atoms with Crippen LogP contribution in [0.5, 0.6) is 5.75 Å². The fourth-order valence-corrected chi connectivity index (χ4v) is 8.95. The van der Waals surface area contributed by atoms with Crippen LogP contribution in [-0.4, -0.2) is 82.2 Å². The van der Waals surface area contributed by atoms with Crippen molar-refractivity contribution < 1.29 is 17.9 Å². The third kappa shape index (κ3) is 4.40. The average molecular weight is 604 g/mol. The van der Waals surface area contributed by atoms with E-state index in [0.717, 1.165) is 47.5 Å². The zero-order chi connectivity index (χ0) is 29.6. The predicted octanol–water partition coefficient (Wildman–Crippen LogP) is 3.15. The number of benzene rings is 1. The summed E-state index contributed by atoms with van der Waals surface area (Å²) in [6.45, 7) is 2.19. The van der Waals surface area contributed by atoms with Crippen LogP contribution < -0.4 is 15.4 Å². The normalized spacial score (nSPS) is 24.9. The third-order valence-corrected chi connectivity index (χ3v) is 11.6.